The van der Waals surface area contributed by atoms with Crippen LogP contribution >= 0.6 is 0 Å². The van der Waals surface area contributed by atoms with E-state index in [1.165, 1.54) is 0 Å². The molecule has 1 aliphatic rings. The summed E-state index contributed by atoms with van der Waals surface area (Å²) in [4.78, 5) is 39.2. The van der Waals surface area contributed by atoms with Crippen molar-refractivity contribution < 1.29 is 18.8 Å². The Morgan fingerprint density at radius 3 is 2.58 bits per heavy atom. The third-order valence-electron chi connectivity index (χ3n) is 5.39. The molecular formula is C23H24N4O4. The molecule has 8 heteroatoms. The van der Waals surface area contributed by atoms with Gasteiger partial charge in [0.25, 0.3) is 5.91 Å². The number of nitrogens with one attached hydrogen (secondary N) is 2. The first kappa shape index (κ1) is 20.5. The molecule has 1 atom stereocenters. The summed E-state index contributed by atoms with van der Waals surface area (Å²) in [6.45, 7) is 4.49. The topological polar surface area (TPSA) is 96.6 Å². The average Bonchev–Trinajstić information content (AvgIpc) is 3.47. The molecule has 2 aromatic heterocycles. The Morgan fingerprint density at radius 2 is 1.87 bits per heavy atom. The minimum absolute atomic E-state index is 0.0814. The van der Waals surface area contributed by atoms with Crippen LogP contribution in [-0.2, 0) is 16.1 Å². The molecule has 160 valence electrons. The summed E-state index contributed by atoms with van der Waals surface area (Å²) in [5.74, 6) is -0.377. The van der Waals surface area contributed by atoms with E-state index in [1.807, 2.05) is 26.0 Å². The normalized spacial score (nSPS) is 15.9. The van der Waals surface area contributed by atoms with Gasteiger partial charge in [-0.1, -0.05) is 6.07 Å². The second kappa shape index (κ2) is 8.51. The van der Waals surface area contributed by atoms with Crippen LogP contribution in [-0.4, -0.2) is 33.8 Å². The van der Waals surface area contributed by atoms with E-state index in [4.69, 9.17) is 4.42 Å². The van der Waals surface area contributed by atoms with E-state index in [0.717, 1.165) is 11.4 Å². The molecule has 31 heavy (non-hydrogen) atoms. The van der Waals surface area contributed by atoms with Gasteiger partial charge in [0, 0.05) is 35.6 Å². The molecule has 1 fully saturated rings. The van der Waals surface area contributed by atoms with Crippen molar-refractivity contribution in [2.24, 2.45) is 5.92 Å². The summed E-state index contributed by atoms with van der Waals surface area (Å²) in [6, 6.07) is 14.1. The fraction of sp³-hybridized carbons (Fsp3) is 0.261. The summed E-state index contributed by atoms with van der Waals surface area (Å²) in [6.07, 6.45) is 1.71. The molecular weight excluding hydrogens is 396 g/mol. The van der Waals surface area contributed by atoms with Gasteiger partial charge >= 0.3 is 0 Å². The van der Waals surface area contributed by atoms with E-state index in [1.54, 1.807) is 52.2 Å². The van der Waals surface area contributed by atoms with Crippen molar-refractivity contribution in [2.75, 3.05) is 17.3 Å². The highest BCUT2D eigenvalue weighted by atomic mass is 16.3. The van der Waals surface area contributed by atoms with Gasteiger partial charge in [0.1, 0.15) is 5.76 Å². The number of nitrogens with zero attached hydrogens (tertiary/aromatic N) is 2. The number of amides is 3. The van der Waals surface area contributed by atoms with E-state index in [-0.39, 0.29) is 24.1 Å². The predicted octanol–water partition coefficient (Wildman–Crippen LogP) is 3.07. The van der Waals surface area contributed by atoms with Gasteiger partial charge in [0.2, 0.25) is 11.8 Å². The Bertz CT molecular complexity index is 1100. The molecule has 0 bridgehead atoms. The first-order valence-corrected chi connectivity index (χ1v) is 10.1. The molecule has 3 aromatic rings. The van der Waals surface area contributed by atoms with Crippen molar-refractivity contribution in [3.63, 3.8) is 0 Å². The molecule has 0 unspecified atom stereocenters. The van der Waals surface area contributed by atoms with Gasteiger partial charge in [-0.25, -0.2) is 0 Å². The lowest BCUT2D eigenvalue weighted by atomic mass is 10.1. The van der Waals surface area contributed by atoms with Gasteiger partial charge in [-0.2, -0.15) is 0 Å². The highest BCUT2D eigenvalue weighted by Crippen LogP contribution is 2.22. The summed E-state index contributed by atoms with van der Waals surface area (Å²) < 4.78 is 7.00. The number of anilines is 1. The van der Waals surface area contributed by atoms with Crippen LogP contribution in [0.15, 0.2) is 59.2 Å². The first-order valence-electron chi connectivity index (χ1n) is 10.1. The van der Waals surface area contributed by atoms with Crippen LogP contribution in [0, 0.1) is 19.8 Å². The van der Waals surface area contributed by atoms with Gasteiger partial charge < -0.3 is 14.6 Å². The summed E-state index contributed by atoms with van der Waals surface area (Å²) in [5, 5.41) is 2.83. The monoisotopic (exact) mass is 420 g/mol. The number of aromatic nitrogens is 1. The molecule has 0 spiro atoms. The van der Waals surface area contributed by atoms with Crippen molar-refractivity contribution in [2.45, 2.75) is 26.8 Å². The van der Waals surface area contributed by atoms with Crippen LogP contribution in [0.4, 0.5) is 5.69 Å². The maximum Gasteiger partial charge on any atom is 0.270 e. The molecule has 1 aromatic carbocycles. The van der Waals surface area contributed by atoms with Crippen molar-refractivity contribution in [3.8, 4) is 0 Å². The summed E-state index contributed by atoms with van der Waals surface area (Å²) >= 11 is 0. The quantitative estimate of drug-likeness (QED) is 0.641. The van der Waals surface area contributed by atoms with Gasteiger partial charge in [0.15, 0.2) is 0 Å². The Kier molecular flexibility index (Phi) is 5.62. The van der Waals surface area contributed by atoms with Crippen LogP contribution < -0.4 is 10.7 Å². The zero-order valence-electron chi connectivity index (χ0n) is 17.4. The Balaban J connectivity index is 1.39. The highest BCUT2D eigenvalue weighted by molar-refractivity contribution is 6.02. The number of rotatable bonds is 6. The number of hydrogen-bond acceptors (Lipinski definition) is 4. The van der Waals surface area contributed by atoms with E-state index in [9.17, 15) is 14.4 Å². The van der Waals surface area contributed by atoms with Gasteiger partial charge in [-0.15, -0.1) is 0 Å². The standard InChI is InChI=1S/C23H24N4O4/c1-15-8-9-16(2)27(15)25-23(30)17-5-3-6-19(11-17)24-22(29)18-12-21(28)26(13-18)14-20-7-4-10-31-20/h3-11,18H,12-14H2,1-2H3,(H,24,29)(H,25,30)/t18-/m1/s1. The Labute approximate surface area is 179 Å². The van der Waals surface area contributed by atoms with Crippen molar-refractivity contribution in [1.29, 1.82) is 0 Å². The van der Waals surface area contributed by atoms with Crippen LogP contribution in [0.2, 0.25) is 0 Å². The second-order valence-electron chi connectivity index (χ2n) is 7.72. The number of carbonyl (C=O) groups excluding carboxylic acids is 3. The van der Waals surface area contributed by atoms with Crippen molar-refractivity contribution >= 4 is 23.4 Å². The number of furan rings is 1. The maximum absolute atomic E-state index is 12.7. The Morgan fingerprint density at radius 1 is 1.10 bits per heavy atom. The number of benzene rings is 1. The van der Waals surface area contributed by atoms with E-state index in [2.05, 4.69) is 10.7 Å². The SMILES string of the molecule is Cc1ccc(C)n1NC(=O)c1cccc(NC(=O)[C@@H]2CC(=O)N(Cc3ccco3)C2)c1. The fourth-order valence-electron chi connectivity index (χ4n) is 3.68. The molecule has 8 nitrogen and oxygen atoms in total. The minimum atomic E-state index is -0.454. The van der Waals surface area contributed by atoms with Gasteiger partial charge in [-0.05, 0) is 56.3 Å². The van der Waals surface area contributed by atoms with Crippen molar-refractivity contribution in [1.82, 2.24) is 9.58 Å². The average molecular weight is 420 g/mol. The zero-order chi connectivity index (χ0) is 22.0. The van der Waals surface area contributed by atoms with E-state index >= 15 is 0 Å². The molecule has 0 aliphatic carbocycles. The van der Waals surface area contributed by atoms with E-state index < -0.39 is 5.92 Å². The molecule has 3 heterocycles. The molecule has 2 N–H and O–H groups in total. The lowest BCUT2D eigenvalue weighted by Gasteiger charge is -2.15. The number of aryl methyl sites for hydroxylation is 2. The summed E-state index contributed by atoms with van der Waals surface area (Å²) in [5.41, 5.74) is 5.61. The van der Waals surface area contributed by atoms with Crippen molar-refractivity contribution in [3.05, 3.63) is 77.5 Å². The number of hydrogen-bond donors (Lipinski definition) is 2. The predicted molar refractivity (Wildman–Crippen MR) is 115 cm³/mol. The molecule has 0 radical (unpaired) electrons. The van der Waals surface area contributed by atoms with E-state index in [0.29, 0.717) is 30.1 Å². The molecule has 3 amide bonds. The molecule has 1 saturated heterocycles. The summed E-state index contributed by atoms with van der Waals surface area (Å²) in [7, 11) is 0. The van der Waals surface area contributed by atoms with Crippen LogP contribution in [0.25, 0.3) is 0 Å². The van der Waals surface area contributed by atoms with Crippen LogP contribution in [0.1, 0.15) is 33.9 Å². The largest absolute Gasteiger partial charge is 0.467 e. The third kappa shape index (κ3) is 4.53. The smallest absolute Gasteiger partial charge is 0.270 e. The lowest BCUT2D eigenvalue weighted by Crippen LogP contribution is -2.28. The molecule has 0 saturated carbocycles. The Hall–Kier alpha value is -3.81. The second-order valence-corrected chi connectivity index (χ2v) is 7.72. The zero-order valence-corrected chi connectivity index (χ0v) is 17.4. The van der Waals surface area contributed by atoms with Crippen LogP contribution in [0.5, 0.6) is 0 Å². The third-order valence-corrected chi connectivity index (χ3v) is 5.39. The molecule has 1 aliphatic heterocycles. The van der Waals surface area contributed by atoms with Crippen LogP contribution in [0.3, 0.4) is 0 Å². The first-order chi connectivity index (χ1) is 14.9. The number of likely N-dealkylation sites (tertiary alicyclic amines) is 1. The highest BCUT2D eigenvalue weighted by Gasteiger charge is 2.34. The van der Waals surface area contributed by atoms with Gasteiger partial charge in [0.05, 0.1) is 18.7 Å². The minimum Gasteiger partial charge on any atom is -0.467 e. The fourth-order valence-corrected chi connectivity index (χ4v) is 3.68. The maximum atomic E-state index is 12.7. The lowest BCUT2D eigenvalue weighted by molar-refractivity contribution is -0.128. The van der Waals surface area contributed by atoms with Gasteiger partial charge in [-0.3, -0.25) is 24.5 Å². The molecule has 4 rings (SSSR count). The number of carbonyl (C=O) groups is 3.